The van der Waals surface area contributed by atoms with Crippen LogP contribution in [0.3, 0.4) is 0 Å². The lowest BCUT2D eigenvalue weighted by atomic mass is 9.98. The van der Waals surface area contributed by atoms with Crippen LogP contribution in [0.2, 0.25) is 0 Å². The monoisotopic (exact) mass is 381 g/mol. The zero-order chi connectivity index (χ0) is 19.9. The molecule has 1 saturated heterocycles. The van der Waals surface area contributed by atoms with Crippen LogP contribution in [0.5, 0.6) is 0 Å². The van der Waals surface area contributed by atoms with Crippen molar-refractivity contribution in [1.29, 1.82) is 0 Å². The Balaban J connectivity index is 1.54. The second kappa shape index (κ2) is 6.95. The average molecular weight is 381 g/mol. The number of amides is 1. The van der Waals surface area contributed by atoms with Crippen LogP contribution in [0.4, 0.5) is 4.79 Å². The highest BCUT2D eigenvalue weighted by molar-refractivity contribution is 5.81. The molecule has 1 amide bonds. The Morgan fingerprint density at radius 3 is 2.25 bits per heavy atom. The van der Waals surface area contributed by atoms with Crippen LogP contribution in [0, 0.1) is 0 Å². The van der Waals surface area contributed by atoms with Gasteiger partial charge in [-0.2, -0.15) is 0 Å². The van der Waals surface area contributed by atoms with Gasteiger partial charge < -0.3 is 14.6 Å². The van der Waals surface area contributed by atoms with Crippen LogP contribution in [0.25, 0.3) is 11.1 Å². The van der Waals surface area contributed by atoms with E-state index in [1.807, 2.05) is 50.2 Å². The summed E-state index contributed by atoms with van der Waals surface area (Å²) in [7, 11) is 0. The highest BCUT2D eigenvalue weighted by atomic mass is 16.6. The number of carboxylic acid groups (broad SMARTS) is 1. The van der Waals surface area contributed by atoms with Gasteiger partial charge in [-0.05, 0) is 36.1 Å². The van der Waals surface area contributed by atoms with Gasteiger partial charge in [-0.15, -0.1) is 0 Å². The van der Waals surface area contributed by atoms with E-state index in [4.69, 9.17) is 9.47 Å². The fourth-order valence-corrected chi connectivity index (χ4v) is 4.03. The van der Waals surface area contributed by atoms with E-state index in [2.05, 4.69) is 12.1 Å². The van der Waals surface area contributed by atoms with Crippen molar-refractivity contribution in [2.24, 2.45) is 0 Å². The average Bonchev–Trinajstić information content (AvgIpc) is 2.99. The first kappa shape index (κ1) is 18.5. The topological polar surface area (TPSA) is 76.1 Å². The fourth-order valence-electron chi connectivity index (χ4n) is 4.03. The SMILES string of the molecule is CC1(C)CN(C(=O)OCC2c3ccccc3-c3ccccc32)[C@H](C(=O)O)CO1. The predicted molar refractivity (Wildman–Crippen MR) is 103 cm³/mol. The van der Waals surface area contributed by atoms with E-state index in [9.17, 15) is 14.7 Å². The summed E-state index contributed by atoms with van der Waals surface area (Å²) in [5.74, 6) is -1.15. The van der Waals surface area contributed by atoms with Crippen molar-refractivity contribution >= 4 is 12.1 Å². The molecule has 1 fully saturated rings. The van der Waals surface area contributed by atoms with Crippen molar-refractivity contribution in [2.75, 3.05) is 19.8 Å². The zero-order valence-corrected chi connectivity index (χ0v) is 15.9. The maximum Gasteiger partial charge on any atom is 0.410 e. The molecular formula is C22H23NO5. The van der Waals surface area contributed by atoms with Crippen LogP contribution >= 0.6 is 0 Å². The number of carbonyl (C=O) groups excluding carboxylic acids is 1. The number of benzene rings is 2. The third-order valence-electron chi connectivity index (χ3n) is 5.41. The van der Waals surface area contributed by atoms with Crippen LogP contribution in [0.15, 0.2) is 48.5 Å². The number of hydrogen-bond acceptors (Lipinski definition) is 4. The molecule has 4 rings (SSSR count). The molecule has 0 spiro atoms. The van der Waals surface area contributed by atoms with Crippen molar-refractivity contribution in [2.45, 2.75) is 31.4 Å². The van der Waals surface area contributed by atoms with Gasteiger partial charge in [-0.3, -0.25) is 4.90 Å². The molecule has 0 unspecified atom stereocenters. The highest BCUT2D eigenvalue weighted by Crippen LogP contribution is 2.44. The molecule has 1 aliphatic heterocycles. The quantitative estimate of drug-likeness (QED) is 0.881. The maximum atomic E-state index is 12.8. The summed E-state index contributed by atoms with van der Waals surface area (Å²) in [5, 5.41) is 9.44. The lowest BCUT2D eigenvalue weighted by Crippen LogP contribution is -2.59. The van der Waals surface area contributed by atoms with E-state index in [1.54, 1.807) is 0 Å². The molecule has 0 aromatic heterocycles. The number of fused-ring (bicyclic) bond motifs is 3. The molecule has 1 heterocycles. The Hall–Kier alpha value is -2.86. The minimum Gasteiger partial charge on any atom is -0.480 e. The van der Waals surface area contributed by atoms with Crippen molar-refractivity contribution in [3.63, 3.8) is 0 Å². The van der Waals surface area contributed by atoms with Crippen molar-refractivity contribution < 1.29 is 24.2 Å². The molecular weight excluding hydrogens is 358 g/mol. The molecule has 2 aromatic carbocycles. The van der Waals surface area contributed by atoms with Crippen LogP contribution < -0.4 is 0 Å². The lowest BCUT2D eigenvalue weighted by Gasteiger charge is -2.41. The second-order valence-corrected chi connectivity index (χ2v) is 7.86. The zero-order valence-electron chi connectivity index (χ0n) is 15.9. The molecule has 28 heavy (non-hydrogen) atoms. The van der Waals surface area contributed by atoms with Gasteiger partial charge in [0.05, 0.1) is 18.8 Å². The van der Waals surface area contributed by atoms with E-state index < -0.39 is 23.7 Å². The van der Waals surface area contributed by atoms with Gasteiger partial charge in [0, 0.05) is 5.92 Å². The smallest absolute Gasteiger partial charge is 0.410 e. The van der Waals surface area contributed by atoms with Gasteiger partial charge in [0.2, 0.25) is 0 Å². The van der Waals surface area contributed by atoms with Crippen LogP contribution in [-0.2, 0) is 14.3 Å². The molecule has 146 valence electrons. The van der Waals surface area contributed by atoms with Gasteiger partial charge in [-0.25, -0.2) is 9.59 Å². The fraction of sp³-hybridized carbons (Fsp3) is 0.364. The molecule has 1 atom stereocenters. The summed E-state index contributed by atoms with van der Waals surface area (Å²) >= 11 is 0. The van der Waals surface area contributed by atoms with Gasteiger partial charge >= 0.3 is 12.1 Å². The first-order valence-electron chi connectivity index (χ1n) is 9.36. The molecule has 1 aliphatic carbocycles. The van der Waals surface area contributed by atoms with E-state index in [-0.39, 0.29) is 25.7 Å². The van der Waals surface area contributed by atoms with Crippen molar-refractivity contribution in [3.05, 3.63) is 59.7 Å². The summed E-state index contributed by atoms with van der Waals surface area (Å²) in [6.07, 6.45) is -0.620. The molecule has 0 bridgehead atoms. The first-order chi connectivity index (χ1) is 13.4. The summed E-state index contributed by atoms with van der Waals surface area (Å²) in [4.78, 5) is 25.6. The molecule has 6 nitrogen and oxygen atoms in total. The number of ether oxygens (including phenoxy) is 2. The first-order valence-corrected chi connectivity index (χ1v) is 9.36. The summed E-state index contributed by atoms with van der Waals surface area (Å²) < 4.78 is 11.2. The molecule has 2 aliphatic rings. The summed E-state index contributed by atoms with van der Waals surface area (Å²) in [6, 6.07) is 15.1. The van der Waals surface area contributed by atoms with Crippen LogP contribution in [0.1, 0.15) is 30.9 Å². The summed E-state index contributed by atoms with van der Waals surface area (Å²) in [5.41, 5.74) is 3.92. The lowest BCUT2D eigenvalue weighted by molar-refractivity contribution is -0.159. The summed E-state index contributed by atoms with van der Waals surface area (Å²) in [6.45, 7) is 3.94. The van der Waals surface area contributed by atoms with E-state index in [0.717, 1.165) is 22.3 Å². The van der Waals surface area contributed by atoms with Gasteiger partial charge in [0.15, 0.2) is 6.04 Å². The number of hydrogen-bond donors (Lipinski definition) is 1. The number of nitrogens with zero attached hydrogens (tertiary/aromatic N) is 1. The number of carbonyl (C=O) groups is 2. The molecule has 2 aromatic rings. The Bertz CT molecular complexity index is 877. The third-order valence-corrected chi connectivity index (χ3v) is 5.41. The minimum atomic E-state index is -1.09. The maximum absolute atomic E-state index is 12.8. The van der Waals surface area contributed by atoms with Gasteiger partial charge in [0.25, 0.3) is 0 Å². The Morgan fingerprint density at radius 1 is 1.11 bits per heavy atom. The van der Waals surface area contributed by atoms with E-state index >= 15 is 0 Å². The number of morpholine rings is 1. The van der Waals surface area contributed by atoms with Crippen molar-refractivity contribution in [1.82, 2.24) is 4.90 Å². The Kier molecular flexibility index (Phi) is 4.59. The Morgan fingerprint density at radius 2 is 1.68 bits per heavy atom. The van der Waals surface area contributed by atoms with Gasteiger partial charge in [0.1, 0.15) is 6.61 Å². The minimum absolute atomic E-state index is 0.0491. The van der Waals surface area contributed by atoms with Crippen LogP contribution in [-0.4, -0.2) is 53.5 Å². The number of aliphatic carboxylic acids is 1. The molecule has 0 radical (unpaired) electrons. The normalized spacial score (nSPS) is 20.4. The molecule has 1 N–H and O–H groups in total. The van der Waals surface area contributed by atoms with Gasteiger partial charge in [-0.1, -0.05) is 48.5 Å². The van der Waals surface area contributed by atoms with E-state index in [1.165, 1.54) is 4.90 Å². The van der Waals surface area contributed by atoms with E-state index in [0.29, 0.717) is 0 Å². The number of carboxylic acids is 1. The molecule has 6 heteroatoms. The largest absolute Gasteiger partial charge is 0.480 e. The second-order valence-electron chi connectivity index (χ2n) is 7.86. The highest BCUT2D eigenvalue weighted by Gasteiger charge is 2.41. The van der Waals surface area contributed by atoms with Crippen molar-refractivity contribution in [3.8, 4) is 11.1 Å². The third kappa shape index (κ3) is 3.24. The Labute approximate surface area is 163 Å². The predicted octanol–water partition coefficient (Wildman–Crippen LogP) is 3.50. The standard InChI is InChI=1S/C22H23NO5/c1-22(2)13-23(19(12-28-22)20(24)25)21(26)27-11-18-16-9-5-3-7-14(16)15-8-4-6-10-17(15)18/h3-10,18-19H,11-13H2,1-2H3,(H,24,25)/t19-/m0/s1. The number of rotatable bonds is 3. The molecule has 0 saturated carbocycles.